The number of ether oxygens (including phenoxy) is 1. The Labute approximate surface area is 268 Å². The van der Waals surface area contributed by atoms with Crippen LogP contribution in [0.5, 0.6) is 11.5 Å². The van der Waals surface area contributed by atoms with Gasteiger partial charge in [-0.05, 0) is 62.6 Å². The number of alkyl halides is 3. The number of fused-ring (bicyclic) bond motifs is 5. The van der Waals surface area contributed by atoms with Gasteiger partial charge >= 0.3 is 6.18 Å². The first kappa shape index (κ1) is 32.1. The number of para-hydroxylation sites is 1. The molecule has 0 radical (unpaired) electrons. The van der Waals surface area contributed by atoms with E-state index in [2.05, 4.69) is 11.6 Å². The molecule has 0 aliphatic carbocycles. The lowest BCUT2D eigenvalue weighted by atomic mass is 9.86. The highest BCUT2D eigenvalue weighted by Gasteiger charge is 2.43. The van der Waals surface area contributed by atoms with Crippen LogP contribution in [0.25, 0.3) is 27.6 Å². The van der Waals surface area contributed by atoms with Gasteiger partial charge in [0.05, 0.1) is 22.8 Å². The second-order valence-electron chi connectivity index (χ2n) is 12.4. The standard InChI is InChI=1S/C35H34F4N4O4/c1-7-26(45)41-15-21-16-47-33-20(6)28(27-18(4)11-12-40-30(27)17(2)3)29-22(31(33)42(21)14-19(41)5)13-25(35(37,38)39)43(34(29)46)32-23(36)9-8-10-24(32)44/h7-13,17,19,21,44H,1,14-16H2,2-6H3. The van der Waals surface area contributed by atoms with Crippen molar-refractivity contribution in [2.24, 2.45) is 0 Å². The predicted molar refractivity (Wildman–Crippen MR) is 171 cm³/mol. The fraction of sp³-hybridized carbons (Fsp3) is 0.343. The number of carbonyl (C=O) groups is 1. The average molecular weight is 651 g/mol. The highest BCUT2D eigenvalue weighted by molar-refractivity contribution is 6.09. The number of aromatic hydroxyl groups is 1. The number of rotatable bonds is 4. The zero-order valence-electron chi connectivity index (χ0n) is 26.6. The first-order valence-electron chi connectivity index (χ1n) is 15.3. The lowest BCUT2D eigenvalue weighted by Crippen LogP contribution is -2.61. The molecule has 4 aromatic rings. The molecule has 0 spiro atoms. The van der Waals surface area contributed by atoms with Crippen LogP contribution in [-0.2, 0) is 11.0 Å². The van der Waals surface area contributed by atoms with E-state index in [0.29, 0.717) is 28.1 Å². The molecule has 8 nitrogen and oxygen atoms in total. The molecule has 2 aromatic heterocycles. The zero-order valence-corrected chi connectivity index (χ0v) is 26.6. The quantitative estimate of drug-likeness (QED) is 0.197. The number of aryl methyl sites for hydroxylation is 1. The van der Waals surface area contributed by atoms with Gasteiger partial charge in [0, 0.05) is 47.4 Å². The van der Waals surface area contributed by atoms with Gasteiger partial charge in [0.25, 0.3) is 5.56 Å². The van der Waals surface area contributed by atoms with Gasteiger partial charge in [0.2, 0.25) is 5.91 Å². The summed E-state index contributed by atoms with van der Waals surface area (Å²) in [6.45, 7) is 13.4. The summed E-state index contributed by atoms with van der Waals surface area (Å²) in [5.74, 6) is -2.12. The number of benzene rings is 2. The van der Waals surface area contributed by atoms with Gasteiger partial charge in [-0.15, -0.1) is 0 Å². The van der Waals surface area contributed by atoms with E-state index in [4.69, 9.17) is 4.74 Å². The highest BCUT2D eigenvalue weighted by Crippen LogP contribution is 2.51. The first-order valence-corrected chi connectivity index (χ1v) is 15.3. The molecule has 1 N–H and O–H groups in total. The molecule has 6 rings (SSSR count). The fourth-order valence-electron chi connectivity index (χ4n) is 6.97. The van der Waals surface area contributed by atoms with E-state index < -0.39 is 40.7 Å². The Morgan fingerprint density at radius 1 is 1.15 bits per heavy atom. The van der Waals surface area contributed by atoms with E-state index in [0.717, 1.165) is 29.8 Å². The van der Waals surface area contributed by atoms with Crippen LogP contribution in [0.2, 0.25) is 0 Å². The second-order valence-corrected chi connectivity index (χ2v) is 12.4. The van der Waals surface area contributed by atoms with Crippen LogP contribution in [0.15, 0.2) is 54.0 Å². The van der Waals surface area contributed by atoms with Gasteiger partial charge in [-0.3, -0.25) is 19.1 Å². The number of halogens is 4. The number of hydrogen-bond acceptors (Lipinski definition) is 6. The molecule has 1 amide bonds. The van der Waals surface area contributed by atoms with Crippen LogP contribution in [-0.4, -0.2) is 57.2 Å². The summed E-state index contributed by atoms with van der Waals surface area (Å²) in [6.07, 6.45) is -2.28. The molecule has 12 heteroatoms. The summed E-state index contributed by atoms with van der Waals surface area (Å²) < 4.78 is 66.8. The molecule has 2 aliphatic heterocycles. The van der Waals surface area contributed by atoms with E-state index in [1.807, 2.05) is 32.6 Å². The Kier molecular flexibility index (Phi) is 7.80. The minimum atomic E-state index is -5.13. The van der Waals surface area contributed by atoms with Crippen molar-refractivity contribution in [3.8, 4) is 28.3 Å². The van der Waals surface area contributed by atoms with Gasteiger partial charge in [-0.1, -0.05) is 26.5 Å². The summed E-state index contributed by atoms with van der Waals surface area (Å²) in [5.41, 5.74) is -0.506. The Bertz CT molecular complexity index is 2000. The molecule has 0 saturated carbocycles. The maximum Gasteiger partial charge on any atom is 0.431 e. The number of aromatic nitrogens is 2. The summed E-state index contributed by atoms with van der Waals surface area (Å²) >= 11 is 0. The van der Waals surface area contributed by atoms with Crippen LogP contribution < -0.4 is 15.2 Å². The van der Waals surface area contributed by atoms with Gasteiger partial charge in [-0.2, -0.15) is 13.2 Å². The predicted octanol–water partition coefficient (Wildman–Crippen LogP) is 6.64. The number of amides is 1. The van der Waals surface area contributed by atoms with Crippen molar-refractivity contribution < 1.29 is 32.2 Å². The summed E-state index contributed by atoms with van der Waals surface area (Å²) in [4.78, 5) is 35.5. The maximum atomic E-state index is 15.3. The Balaban J connectivity index is 1.81. The monoisotopic (exact) mass is 650 g/mol. The molecular formula is C35H34F4N4O4. The van der Waals surface area contributed by atoms with Crippen LogP contribution in [0, 0.1) is 19.7 Å². The van der Waals surface area contributed by atoms with E-state index in [9.17, 15) is 27.9 Å². The maximum absolute atomic E-state index is 15.3. The summed E-state index contributed by atoms with van der Waals surface area (Å²) in [6, 6.07) is 4.87. The van der Waals surface area contributed by atoms with E-state index in [-0.39, 0.29) is 58.6 Å². The van der Waals surface area contributed by atoms with Gasteiger partial charge in [0.1, 0.15) is 29.5 Å². The number of pyridine rings is 2. The van der Waals surface area contributed by atoms with Crippen molar-refractivity contribution in [1.29, 1.82) is 0 Å². The van der Waals surface area contributed by atoms with Crippen molar-refractivity contribution in [3.63, 3.8) is 0 Å². The molecule has 47 heavy (non-hydrogen) atoms. The highest BCUT2D eigenvalue weighted by atomic mass is 19.4. The zero-order chi connectivity index (χ0) is 34.1. The van der Waals surface area contributed by atoms with Crippen LogP contribution in [0.3, 0.4) is 0 Å². The summed E-state index contributed by atoms with van der Waals surface area (Å²) in [5, 5.41) is 10.5. The topological polar surface area (TPSA) is 87.9 Å². The van der Waals surface area contributed by atoms with Gasteiger partial charge in [0.15, 0.2) is 5.82 Å². The minimum absolute atomic E-state index is 0.0386. The average Bonchev–Trinajstić information content (AvgIpc) is 3.00. The second kappa shape index (κ2) is 11.4. The van der Waals surface area contributed by atoms with Crippen molar-refractivity contribution in [3.05, 3.63) is 87.9 Å². The molecule has 1 saturated heterocycles. The van der Waals surface area contributed by atoms with Crippen molar-refractivity contribution in [2.75, 3.05) is 24.6 Å². The normalized spacial score (nSPS) is 17.8. The molecule has 2 aliphatic rings. The third-order valence-corrected chi connectivity index (χ3v) is 9.12. The molecule has 2 unspecified atom stereocenters. The molecular weight excluding hydrogens is 616 g/mol. The lowest BCUT2D eigenvalue weighted by Gasteiger charge is -2.49. The van der Waals surface area contributed by atoms with E-state index in [1.165, 1.54) is 6.08 Å². The molecule has 0 bridgehead atoms. The number of carbonyl (C=O) groups excluding carboxylic acids is 1. The smallest absolute Gasteiger partial charge is 0.431 e. The Morgan fingerprint density at radius 2 is 1.87 bits per heavy atom. The Hall–Kier alpha value is -4.87. The number of anilines is 1. The molecule has 2 atom stereocenters. The molecule has 2 aromatic carbocycles. The number of nitrogens with zero attached hydrogens (tertiary/aromatic N) is 4. The van der Waals surface area contributed by atoms with E-state index >= 15 is 4.39 Å². The van der Waals surface area contributed by atoms with Crippen LogP contribution in [0.1, 0.15) is 49.2 Å². The summed E-state index contributed by atoms with van der Waals surface area (Å²) in [7, 11) is 0. The molecule has 4 heterocycles. The van der Waals surface area contributed by atoms with Crippen molar-refractivity contribution in [1.82, 2.24) is 14.5 Å². The third-order valence-electron chi connectivity index (χ3n) is 9.12. The number of piperazine rings is 1. The first-order chi connectivity index (χ1) is 22.2. The van der Waals surface area contributed by atoms with E-state index in [1.54, 1.807) is 24.1 Å². The Morgan fingerprint density at radius 3 is 2.51 bits per heavy atom. The number of phenolic OH excluding ortho intramolecular Hbond substituents is 1. The third kappa shape index (κ3) is 5.01. The van der Waals surface area contributed by atoms with Gasteiger partial charge < -0.3 is 19.6 Å². The van der Waals surface area contributed by atoms with Crippen LogP contribution in [0.4, 0.5) is 23.2 Å². The van der Waals surface area contributed by atoms with Crippen molar-refractivity contribution in [2.45, 2.75) is 58.8 Å². The largest absolute Gasteiger partial charge is 0.506 e. The lowest BCUT2D eigenvalue weighted by molar-refractivity contribution is -0.142. The minimum Gasteiger partial charge on any atom is -0.506 e. The van der Waals surface area contributed by atoms with Crippen molar-refractivity contribution >= 4 is 22.4 Å². The molecule has 1 fully saturated rings. The molecule has 246 valence electrons. The fourth-order valence-corrected chi connectivity index (χ4v) is 6.97. The number of phenols is 1. The SMILES string of the molecule is C=CC(=O)N1CC2COc3c(C)c(-c4c(C)ccnc4C(C)C)c4c(=O)n(-c5c(O)cccc5F)c(C(F)(F)F)cc4c3N2CC1C. The number of hydrogen-bond donors (Lipinski definition) is 1. The van der Waals surface area contributed by atoms with Crippen LogP contribution >= 0.6 is 0 Å². The van der Waals surface area contributed by atoms with Gasteiger partial charge in [-0.25, -0.2) is 4.39 Å².